The number of hydrogen-bond donors (Lipinski definition) is 0. The maximum absolute atomic E-state index is 12.8. The van der Waals surface area contributed by atoms with Gasteiger partial charge in [-0.15, -0.1) is 0 Å². The van der Waals surface area contributed by atoms with E-state index in [0.29, 0.717) is 3.57 Å². The second kappa shape index (κ2) is 3.53. The summed E-state index contributed by atoms with van der Waals surface area (Å²) in [6.45, 7) is 0. The Morgan fingerprint density at radius 2 is 1.90 bits per heavy atom. The normalized spacial score (nSPS) is 10.0. The van der Waals surface area contributed by atoms with Gasteiger partial charge in [-0.1, -0.05) is 11.6 Å². The maximum atomic E-state index is 12.8. The Kier molecular flexibility index (Phi) is 3.18. The largest absolute Gasteiger partial charge is 0.204 e. The monoisotopic (exact) mass is 382 g/mol. The Morgan fingerprint density at radius 1 is 1.30 bits per heavy atom. The van der Waals surface area contributed by atoms with E-state index in [1.807, 2.05) is 22.6 Å². The summed E-state index contributed by atoms with van der Waals surface area (Å²) in [5.41, 5.74) is 0. The zero-order chi connectivity index (χ0) is 7.72. The van der Waals surface area contributed by atoms with E-state index in [1.54, 1.807) is 12.1 Å². The van der Waals surface area contributed by atoms with E-state index < -0.39 is 0 Å². The van der Waals surface area contributed by atoms with Gasteiger partial charge in [-0.25, -0.2) is 4.39 Å². The van der Waals surface area contributed by atoms with Crippen molar-refractivity contribution < 1.29 is 4.39 Å². The third kappa shape index (κ3) is 1.94. The van der Waals surface area contributed by atoms with Crippen LogP contribution in [0.1, 0.15) is 0 Å². The molecule has 0 nitrogen and oxygen atoms in total. The lowest BCUT2D eigenvalue weighted by Crippen LogP contribution is -1.84. The number of hydrogen-bond acceptors (Lipinski definition) is 0. The molecule has 0 heterocycles. The average molecular weight is 382 g/mol. The van der Waals surface area contributed by atoms with Gasteiger partial charge in [0.15, 0.2) is 5.82 Å². The van der Waals surface area contributed by atoms with Crippen molar-refractivity contribution >= 4 is 56.8 Å². The minimum absolute atomic E-state index is 0.191. The van der Waals surface area contributed by atoms with Crippen molar-refractivity contribution in [2.45, 2.75) is 0 Å². The summed E-state index contributed by atoms with van der Waals surface area (Å²) in [6, 6.07) is 3.34. The molecule has 1 aromatic rings. The standard InChI is InChI=1S/C6H2ClFI2/c7-4-1-3(9)2-5(10)6(4)8/h1-2H. The summed E-state index contributed by atoms with van der Waals surface area (Å²) in [6.07, 6.45) is 0. The van der Waals surface area contributed by atoms with Crippen LogP contribution in [0, 0.1) is 13.0 Å². The minimum Gasteiger partial charge on any atom is -0.204 e. The van der Waals surface area contributed by atoms with Gasteiger partial charge in [-0.3, -0.25) is 0 Å². The Morgan fingerprint density at radius 3 is 2.40 bits per heavy atom. The van der Waals surface area contributed by atoms with Gasteiger partial charge in [0.05, 0.1) is 8.59 Å². The molecular weight excluding hydrogens is 380 g/mol. The third-order valence-corrected chi connectivity index (χ3v) is 2.63. The van der Waals surface area contributed by atoms with Crippen LogP contribution in [0.25, 0.3) is 0 Å². The molecule has 0 fully saturated rings. The van der Waals surface area contributed by atoms with Gasteiger partial charge in [0.1, 0.15) is 0 Å². The van der Waals surface area contributed by atoms with Gasteiger partial charge in [0.25, 0.3) is 0 Å². The predicted octanol–water partition coefficient (Wildman–Crippen LogP) is 3.69. The van der Waals surface area contributed by atoms with Crippen molar-refractivity contribution in [3.63, 3.8) is 0 Å². The molecule has 0 aliphatic heterocycles. The number of halogens is 4. The highest BCUT2D eigenvalue weighted by atomic mass is 127. The molecule has 0 saturated carbocycles. The number of rotatable bonds is 0. The van der Waals surface area contributed by atoms with Crippen molar-refractivity contribution in [2.24, 2.45) is 0 Å². The van der Waals surface area contributed by atoms with E-state index >= 15 is 0 Å². The van der Waals surface area contributed by atoms with E-state index in [-0.39, 0.29) is 10.8 Å². The van der Waals surface area contributed by atoms with Gasteiger partial charge in [0.2, 0.25) is 0 Å². The van der Waals surface area contributed by atoms with Gasteiger partial charge < -0.3 is 0 Å². The second-order valence-electron chi connectivity index (χ2n) is 1.68. The smallest absolute Gasteiger partial charge is 0.155 e. The fraction of sp³-hybridized carbons (Fsp3) is 0. The average Bonchev–Trinajstić information content (AvgIpc) is 1.82. The summed E-state index contributed by atoms with van der Waals surface area (Å²) in [7, 11) is 0. The zero-order valence-corrected chi connectivity index (χ0v) is 9.74. The first-order valence-corrected chi connectivity index (χ1v) is 4.95. The molecule has 0 aliphatic rings. The molecule has 0 saturated heterocycles. The summed E-state index contributed by atoms with van der Waals surface area (Å²) in [4.78, 5) is 0. The lowest BCUT2D eigenvalue weighted by molar-refractivity contribution is 0.620. The molecule has 0 atom stereocenters. The quantitative estimate of drug-likeness (QED) is 0.365. The molecule has 4 heteroatoms. The summed E-state index contributed by atoms with van der Waals surface area (Å²) >= 11 is 9.54. The van der Waals surface area contributed by atoms with E-state index in [2.05, 4.69) is 22.6 Å². The molecule has 0 aliphatic carbocycles. The van der Waals surface area contributed by atoms with E-state index in [4.69, 9.17) is 11.6 Å². The van der Waals surface area contributed by atoms with E-state index in [1.165, 1.54) is 0 Å². The van der Waals surface area contributed by atoms with Crippen molar-refractivity contribution in [3.8, 4) is 0 Å². The fourth-order valence-electron chi connectivity index (χ4n) is 0.525. The highest BCUT2D eigenvalue weighted by molar-refractivity contribution is 14.1. The summed E-state index contributed by atoms with van der Waals surface area (Å²) < 4.78 is 14.3. The first-order valence-electron chi connectivity index (χ1n) is 2.41. The summed E-state index contributed by atoms with van der Waals surface area (Å²) in [5.74, 6) is -0.331. The molecule has 0 amide bonds. The topological polar surface area (TPSA) is 0 Å². The van der Waals surface area contributed by atoms with Crippen LogP contribution in [-0.4, -0.2) is 0 Å². The lowest BCUT2D eigenvalue weighted by atomic mass is 10.3. The van der Waals surface area contributed by atoms with Crippen molar-refractivity contribution in [1.82, 2.24) is 0 Å². The highest BCUT2D eigenvalue weighted by Crippen LogP contribution is 2.22. The van der Waals surface area contributed by atoms with Gasteiger partial charge in [-0.05, 0) is 57.3 Å². The zero-order valence-electron chi connectivity index (χ0n) is 4.67. The SMILES string of the molecule is Fc1c(Cl)cc(I)cc1I. The Bertz CT molecular complexity index is 239. The Balaban J connectivity index is 3.31. The first kappa shape index (κ1) is 8.99. The molecular formula is C6H2ClFI2. The number of benzene rings is 1. The van der Waals surface area contributed by atoms with Gasteiger partial charge >= 0.3 is 0 Å². The van der Waals surface area contributed by atoms with Crippen LogP contribution in [0.2, 0.25) is 5.02 Å². The molecule has 0 bridgehead atoms. The van der Waals surface area contributed by atoms with Crippen LogP contribution in [0.15, 0.2) is 12.1 Å². The van der Waals surface area contributed by atoms with Crippen LogP contribution in [0.5, 0.6) is 0 Å². The van der Waals surface area contributed by atoms with Gasteiger partial charge in [0, 0.05) is 3.57 Å². The van der Waals surface area contributed by atoms with Gasteiger partial charge in [-0.2, -0.15) is 0 Å². The predicted molar refractivity (Wildman–Crippen MR) is 56.8 cm³/mol. The second-order valence-corrected chi connectivity index (χ2v) is 4.50. The molecule has 1 aromatic carbocycles. The molecule has 1 rings (SSSR count). The van der Waals surface area contributed by atoms with Crippen molar-refractivity contribution in [3.05, 3.63) is 30.1 Å². The third-order valence-electron chi connectivity index (χ3n) is 0.949. The van der Waals surface area contributed by atoms with Crippen molar-refractivity contribution in [1.29, 1.82) is 0 Å². The summed E-state index contributed by atoms with van der Waals surface area (Å²) in [5, 5.41) is 0.191. The van der Waals surface area contributed by atoms with Crippen LogP contribution in [-0.2, 0) is 0 Å². The molecule has 0 aromatic heterocycles. The van der Waals surface area contributed by atoms with Crippen LogP contribution >= 0.6 is 56.8 Å². The molecule has 10 heavy (non-hydrogen) atoms. The van der Waals surface area contributed by atoms with Crippen molar-refractivity contribution in [2.75, 3.05) is 0 Å². The maximum Gasteiger partial charge on any atom is 0.155 e. The minimum atomic E-state index is -0.331. The molecule has 0 radical (unpaired) electrons. The molecule has 54 valence electrons. The Hall–Kier alpha value is 0.900. The molecule has 0 spiro atoms. The molecule has 0 unspecified atom stereocenters. The van der Waals surface area contributed by atoms with Crippen LogP contribution in [0.4, 0.5) is 4.39 Å². The fourth-order valence-corrected chi connectivity index (χ4v) is 2.93. The Labute approximate surface area is 90.4 Å². The lowest BCUT2D eigenvalue weighted by Gasteiger charge is -1.97. The first-order chi connectivity index (χ1) is 4.61. The van der Waals surface area contributed by atoms with E-state index in [0.717, 1.165) is 3.57 Å². The van der Waals surface area contributed by atoms with Crippen LogP contribution in [0.3, 0.4) is 0 Å². The molecule has 0 N–H and O–H groups in total. The highest BCUT2D eigenvalue weighted by Gasteiger charge is 2.04. The van der Waals surface area contributed by atoms with E-state index in [9.17, 15) is 4.39 Å². The van der Waals surface area contributed by atoms with Crippen LogP contribution < -0.4 is 0 Å².